The van der Waals surface area contributed by atoms with E-state index in [1.165, 1.54) is 7.05 Å². The van der Waals surface area contributed by atoms with Gasteiger partial charge >= 0.3 is 6.18 Å². The minimum atomic E-state index is -4.27. The second-order valence-electron chi connectivity index (χ2n) is 3.78. The van der Waals surface area contributed by atoms with Crippen LogP contribution in [0.4, 0.5) is 13.2 Å². The molecule has 0 bridgehead atoms. The first kappa shape index (κ1) is 12.8. The highest BCUT2D eigenvalue weighted by Gasteiger charge is 2.29. The molecule has 0 saturated carbocycles. The van der Waals surface area contributed by atoms with Gasteiger partial charge in [-0.15, -0.1) is 0 Å². The Hall–Kier alpha value is -1.30. The summed E-state index contributed by atoms with van der Waals surface area (Å²) in [6, 6.07) is 1.59. The van der Waals surface area contributed by atoms with Crippen molar-refractivity contribution in [2.24, 2.45) is 7.05 Å². The third-order valence-corrected chi connectivity index (χ3v) is 2.02. The number of hydrogen-bond acceptors (Lipinski definition) is 2. The summed E-state index contributed by atoms with van der Waals surface area (Å²) < 4.78 is 37.7. The van der Waals surface area contributed by atoms with Crippen LogP contribution < -0.4 is 0 Å². The highest BCUT2D eigenvalue weighted by atomic mass is 19.4. The lowest BCUT2D eigenvalue weighted by molar-refractivity contribution is -0.141. The van der Waals surface area contributed by atoms with Crippen molar-refractivity contribution in [1.82, 2.24) is 9.47 Å². The van der Waals surface area contributed by atoms with E-state index in [9.17, 15) is 18.0 Å². The van der Waals surface area contributed by atoms with Crippen LogP contribution in [0.15, 0.2) is 18.5 Å². The number of rotatable bonds is 4. The quantitative estimate of drug-likeness (QED) is 0.741. The van der Waals surface area contributed by atoms with Gasteiger partial charge in [0.05, 0.1) is 13.1 Å². The molecule has 0 radical (unpaired) electrons. The van der Waals surface area contributed by atoms with E-state index < -0.39 is 12.7 Å². The van der Waals surface area contributed by atoms with E-state index in [1.807, 2.05) is 0 Å². The van der Waals surface area contributed by atoms with Crippen LogP contribution in [0.25, 0.3) is 0 Å². The van der Waals surface area contributed by atoms with Gasteiger partial charge in [-0.05, 0) is 13.1 Å². The van der Waals surface area contributed by atoms with Gasteiger partial charge in [-0.25, -0.2) is 0 Å². The van der Waals surface area contributed by atoms with Gasteiger partial charge in [0.2, 0.25) is 0 Å². The van der Waals surface area contributed by atoms with Crippen LogP contribution in [0.5, 0.6) is 0 Å². The van der Waals surface area contributed by atoms with Crippen molar-refractivity contribution in [2.45, 2.75) is 6.18 Å². The van der Waals surface area contributed by atoms with Crippen LogP contribution >= 0.6 is 0 Å². The number of Topliss-reactive ketones (excluding diaryl/α,β-unsaturated/α-hetero) is 1. The standard InChI is InChI=1S/C10H13F3N2O/c1-14-4-3-8(5-14)9(16)6-15(2)7-10(11,12)13/h3-5H,6-7H2,1-2H3. The van der Waals surface area contributed by atoms with Gasteiger partial charge in [0.1, 0.15) is 0 Å². The topological polar surface area (TPSA) is 25.2 Å². The lowest BCUT2D eigenvalue weighted by atomic mass is 10.2. The number of hydrogen-bond donors (Lipinski definition) is 0. The van der Waals surface area contributed by atoms with E-state index in [-0.39, 0.29) is 12.3 Å². The molecule has 0 aromatic carbocycles. The van der Waals surface area contributed by atoms with Gasteiger partial charge in [0, 0.05) is 25.0 Å². The lowest BCUT2D eigenvalue weighted by Crippen LogP contribution is -2.34. The Kier molecular flexibility index (Phi) is 3.74. The molecule has 0 N–H and O–H groups in total. The van der Waals surface area contributed by atoms with E-state index in [0.29, 0.717) is 5.56 Å². The average Bonchev–Trinajstić information content (AvgIpc) is 2.47. The highest BCUT2D eigenvalue weighted by molar-refractivity contribution is 5.97. The number of halogens is 3. The Morgan fingerprint density at radius 3 is 2.56 bits per heavy atom. The van der Waals surface area contributed by atoms with Gasteiger partial charge in [-0.1, -0.05) is 0 Å². The summed E-state index contributed by atoms with van der Waals surface area (Å²) in [7, 11) is 3.02. The van der Waals surface area contributed by atoms with Gasteiger partial charge < -0.3 is 4.57 Å². The first-order valence-corrected chi connectivity index (χ1v) is 4.68. The van der Waals surface area contributed by atoms with Crippen LogP contribution in [0.1, 0.15) is 10.4 Å². The first-order chi connectivity index (χ1) is 7.28. The molecule has 0 aliphatic rings. The number of aryl methyl sites for hydroxylation is 1. The minimum absolute atomic E-state index is 0.233. The predicted octanol–water partition coefficient (Wildman–Crippen LogP) is 1.70. The summed E-state index contributed by atoms with van der Waals surface area (Å²) in [6.45, 7) is -1.31. The third kappa shape index (κ3) is 4.06. The largest absolute Gasteiger partial charge is 0.401 e. The average molecular weight is 234 g/mol. The van der Waals surface area contributed by atoms with Crippen LogP contribution in [0.3, 0.4) is 0 Å². The van der Waals surface area contributed by atoms with Crippen molar-refractivity contribution in [2.75, 3.05) is 20.1 Å². The zero-order valence-corrected chi connectivity index (χ0v) is 9.08. The van der Waals surface area contributed by atoms with Crippen molar-refractivity contribution in [3.63, 3.8) is 0 Å². The second kappa shape index (κ2) is 4.69. The smallest absolute Gasteiger partial charge is 0.357 e. The number of nitrogens with zero attached hydrogens (tertiary/aromatic N) is 2. The number of aromatic nitrogens is 1. The lowest BCUT2D eigenvalue weighted by Gasteiger charge is -2.17. The zero-order valence-electron chi connectivity index (χ0n) is 9.08. The summed E-state index contributed by atoms with van der Waals surface area (Å²) in [5, 5.41) is 0. The molecule has 0 fully saturated rings. The molecule has 0 amide bonds. The van der Waals surface area contributed by atoms with Gasteiger partial charge in [-0.3, -0.25) is 9.69 Å². The molecular weight excluding hydrogens is 221 g/mol. The highest BCUT2D eigenvalue weighted by Crippen LogP contribution is 2.15. The molecule has 1 heterocycles. The molecule has 1 rings (SSSR count). The number of carbonyl (C=O) groups is 1. The van der Waals surface area contributed by atoms with Crippen molar-refractivity contribution in [1.29, 1.82) is 0 Å². The second-order valence-corrected chi connectivity index (χ2v) is 3.78. The fourth-order valence-electron chi connectivity index (χ4n) is 1.37. The molecule has 16 heavy (non-hydrogen) atoms. The van der Waals surface area contributed by atoms with Crippen molar-refractivity contribution >= 4 is 5.78 Å². The maximum Gasteiger partial charge on any atom is 0.401 e. The Morgan fingerprint density at radius 2 is 2.12 bits per heavy atom. The summed E-state index contributed by atoms with van der Waals surface area (Å²) in [5.74, 6) is -0.313. The molecule has 0 atom stereocenters. The third-order valence-electron chi connectivity index (χ3n) is 2.02. The Morgan fingerprint density at radius 1 is 1.50 bits per heavy atom. The minimum Gasteiger partial charge on any atom is -0.357 e. The number of alkyl halides is 3. The molecule has 0 aliphatic carbocycles. The Bertz CT molecular complexity index is 370. The number of carbonyl (C=O) groups excluding carboxylic acids is 1. The zero-order chi connectivity index (χ0) is 12.3. The number of likely N-dealkylation sites (N-methyl/N-ethyl adjacent to an activating group) is 1. The maximum absolute atomic E-state index is 12.0. The Labute approximate surface area is 91.5 Å². The van der Waals surface area contributed by atoms with Crippen LogP contribution in [-0.4, -0.2) is 41.6 Å². The molecule has 6 heteroatoms. The summed E-state index contributed by atoms with van der Waals surface area (Å²) >= 11 is 0. The van der Waals surface area contributed by atoms with E-state index >= 15 is 0 Å². The fraction of sp³-hybridized carbons (Fsp3) is 0.500. The van der Waals surface area contributed by atoms with Crippen LogP contribution in [-0.2, 0) is 7.05 Å². The molecule has 3 nitrogen and oxygen atoms in total. The van der Waals surface area contributed by atoms with Gasteiger partial charge in [-0.2, -0.15) is 13.2 Å². The summed E-state index contributed by atoms with van der Waals surface area (Å²) in [6.07, 6.45) is -1.01. The maximum atomic E-state index is 12.0. The molecule has 0 unspecified atom stereocenters. The van der Waals surface area contributed by atoms with Gasteiger partial charge in [0.15, 0.2) is 5.78 Å². The van der Waals surface area contributed by atoms with Gasteiger partial charge in [0.25, 0.3) is 0 Å². The molecule has 0 aliphatic heterocycles. The van der Waals surface area contributed by atoms with E-state index in [0.717, 1.165) is 4.90 Å². The van der Waals surface area contributed by atoms with E-state index in [2.05, 4.69) is 0 Å². The molecule has 0 saturated heterocycles. The first-order valence-electron chi connectivity index (χ1n) is 4.68. The molecular formula is C10H13F3N2O. The molecule has 0 spiro atoms. The van der Waals surface area contributed by atoms with E-state index in [1.54, 1.807) is 30.1 Å². The molecule has 1 aromatic heterocycles. The normalized spacial score (nSPS) is 12.1. The fourth-order valence-corrected chi connectivity index (χ4v) is 1.37. The summed E-state index contributed by atoms with van der Waals surface area (Å²) in [5.41, 5.74) is 0.427. The monoisotopic (exact) mass is 234 g/mol. The SMILES string of the molecule is CN(CC(=O)c1ccn(C)c1)CC(F)(F)F. The molecule has 90 valence electrons. The van der Waals surface area contributed by atoms with Crippen molar-refractivity contribution in [3.8, 4) is 0 Å². The Balaban J connectivity index is 2.52. The van der Waals surface area contributed by atoms with Crippen molar-refractivity contribution < 1.29 is 18.0 Å². The molecule has 1 aromatic rings. The van der Waals surface area contributed by atoms with Crippen LogP contribution in [0, 0.1) is 0 Å². The van der Waals surface area contributed by atoms with E-state index in [4.69, 9.17) is 0 Å². The predicted molar refractivity (Wildman–Crippen MR) is 53.3 cm³/mol. The van der Waals surface area contributed by atoms with Crippen LogP contribution in [0.2, 0.25) is 0 Å². The number of ketones is 1. The summed E-state index contributed by atoms with van der Waals surface area (Å²) in [4.78, 5) is 12.5. The van der Waals surface area contributed by atoms with Crippen molar-refractivity contribution in [3.05, 3.63) is 24.0 Å².